The van der Waals surface area contributed by atoms with Gasteiger partial charge in [0.05, 0.1) is 14.2 Å². The third kappa shape index (κ3) is 6.59. The number of nitrogens with zero attached hydrogens (tertiary/aromatic N) is 3. The Morgan fingerprint density at radius 1 is 1.07 bits per heavy atom. The third-order valence-corrected chi connectivity index (χ3v) is 8.02. The molecular formula is C31H41N5O5. The van der Waals surface area contributed by atoms with Crippen LogP contribution in [0.15, 0.2) is 28.7 Å². The number of benzene rings is 1. The van der Waals surface area contributed by atoms with Crippen LogP contribution in [0.5, 0.6) is 23.5 Å². The molecule has 220 valence electrons. The van der Waals surface area contributed by atoms with E-state index in [-0.39, 0.29) is 34.6 Å². The van der Waals surface area contributed by atoms with E-state index in [1.165, 1.54) is 57.7 Å². The lowest BCUT2D eigenvalue weighted by Gasteiger charge is -2.26. The molecule has 3 aromatic rings. The number of hydrogen-bond donors (Lipinski definition) is 2. The molecule has 0 radical (unpaired) electrons. The molecular weight excluding hydrogens is 522 g/mol. The van der Waals surface area contributed by atoms with Crippen molar-refractivity contribution in [1.82, 2.24) is 14.9 Å². The van der Waals surface area contributed by atoms with Gasteiger partial charge < -0.3 is 34.2 Å². The molecule has 2 aromatic heterocycles. The zero-order valence-electron chi connectivity index (χ0n) is 24.8. The van der Waals surface area contributed by atoms with E-state index < -0.39 is 5.91 Å². The second-order valence-corrected chi connectivity index (χ2v) is 11.5. The monoisotopic (exact) mass is 563 g/mol. The first kappa shape index (κ1) is 28.7. The minimum atomic E-state index is -0.505. The first-order valence-corrected chi connectivity index (χ1v) is 14.5. The summed E-state index contributed by atoms with van der Waals surface area (Å²) in [6.45, 7) is 10.6. The van der Waals surface area contributed by atoms with Crippen molar-refractivity contribution < 1.29 is 23.4 Å². The van der Waals surface area contributed by atoms with Crippen LogP contribution in [0.1, 0.15) is 73.2 Å². The first-order chi connectivity index (χ1) is 19.8. The number of hydrogen-bond acceptors (Lipinski definition) is 9. The smallest absolute Gasteiger partial charge is 0.291 e. The zero-order chi connectivity index (χ0) is 29.0. The topological polar surface area (TPSA) is 111 Å². The average Bonchev–Trinajstić information content (AvgIpc) is 3.56. The maximum Gasteiger partial charge on any atom is 0.291 e. The molecule has 41 heavy (non-hydrogen) atoms. The summed E-state index contributed by atoms with van der Waals surface area (Å²) in [5, 5.41) is 6.01. The van der Waals surface area contributed by atoms with Crippen LogP contribution in [0, 0.1) is 6.92 Å². The number of nitrogens with one attached hydrogen (secondary N) is 2. The summed E-state index contributed by atoms with van der Waals surface area (Å²) in [6, 6.07) is 7.47. The largest absolute Gasteiger partial charge is 0.479 e. The van der Waals surface area contributed by atoms with Gasteiger partial charge in [-0.15, -0.1) is 0 Å². The average molecular weight is 564 g/mol. The van der Waals surface area contributed by atoms with Crippen LogP contribution in [0.2, 0.25) is 0 Å². The Kier molecular flexibility index (Phi) is 8.68. The number of ether oxygens (including phenoxy) is 3. The summed E-state index contributed by atoms with van der Waals surface area (Å²) < 4.78 is 22.8. The number of methoxy groups -OCH3 is 2. The molecule has 3 heterocycles. The molecule has 1 saturated heterocycles. The molecule has 1 amide bonds. The summed E-state index contributed by atoms with van der Waals surface area (Å²) in [7, 11) is 2.97. The highest BCUT2D eigenvalue weighted by atomic mass is 16.6. The number of aromatic nitrogens is 2. The van der Waals surface area contributed by atoms with Gasteiger partial charge in [-0.25, -0.2) is 0 Å². The van der Waals surface area contributed by atoms with Gasteiger partial charge in [0.15, 0.2) is 11.4 Å². The van der Waals surface area contributed by atoms with E-state index in [0.717, 1.165) is 37.1 Å². The van der Waals surface area contributed by atoms with Crippen LogP contribution in [0.4, 0.5) is 11.6 Å². The molecule has 5 rings (SSSR count). The SMILES string of the molecule is COc1nc(NCCCN2CCCCC2)nc(OC)c1NC(=O)c1ccc(Oc2cc3c(cc2C)CCC3(C)C)o1. The summed E-state index contributed by atoms with van der Waals surface area (Å²) in [5.41, 5.74) is 4.00. The number of carbonyl (C=O) groups excluding carboxylic acids is 1. The van der Waals surface area contributed by atoms with E-state index in [1.807, 2.05) is 6.92 Å². The molecule has 1 fully saturated rings. The normalized spacial score (nSPS) is 16.2. The maximum absolute atomic E-state index is 13.1. The second-order valence-electron chi connectivity index (χ2n) is 11.5. The Morgan fingerprint density at radius 2 is 1.80 bits per heavy atom. The standard InChI is InChI=1S/C31H41N5O5/c1-20-18-21-12-13-31(2,3)22(21)19-24(20)41-25-11-10-23(40-25)27(37)33-26-28(38-4)34-30(35-29(26)39-5)32-14-9-17-36-15-7-6-8-16-36/h10-11,18-19H,6-9,12-17H2,1-5H3,(H,33,37)(H,32,34,35). The summed E-state index contributed by atoms with van der Waals surface area (Å²) >= 11 is 0. The summed E-state index contributed by atoms with van der Waals surface area (Å²) in [6.07, 6.45) is 7.03. The number of aryl methyl sites for hydroxylation is 2. The van der Waals surface area contributed by atoms with E-state index in [2.05, 4.69) is 51.5 Å². The van der Waals surface area contributed by atoms with Gasteiger partial charge in [-0.1, -0.05) is 26.3 Å². The van der Waals surface area contributed by atoms with Crippen molar-refractivity contribution in [2.24, 2.45) is 0 Å². The molecule has 1 aromatic carbocycles. The van der Waals surface area contributed by atoms with Crippen LogP contribution in [-0.2, 0) is 11.8 Å². The van der Waals surface area contributed by atoms with Gasteiger partial charge >= 0.3 is 0 Å². The molecule has 10 nitrogen and oxygen atoms in total. The molecule has 2 N–H and O–H groups in total. The molecule has 0 unspecified atom stereocenters. The van der Waals surface area contributed by atoms with Crippen LogP contribution in [0.3, 0.4) is 0 Å². The highest BCUT2D eigenvalue weighted by molar-refractivity contribution is 6.03. The van der Waals surface area contributed by atoms with Crippen molar-refractivity contribution >= 4 is 17.5 Å². The predicted molar refractivity (Wildman–Crippen MR) is 158 cm³/mol. The molecule has 0 atom stereocenters. The van der Waals surface area contributed by atoms with Gasteiger partial charge in [0.2, 0.25) is 17.7 Å². The van der Waals surface area contributed by atoms with Gasteiger partial charge in [-0.3, -0.25) is 4.79 Å². The van der Waals surface area contributed by atoms with Gasteiger partial charge in [0.1, 0.15) is 5.75 Å². The van der Waals surface area contributed by atoms with E-state index in [4.69, 9.17) is 18.6 Å². The van der Waals surface area contributed by atoms with Crippen molar-refractivity contribution in [3.05, 3.63) is 46.7 Å². The molecule has 10 heteroatoms. The molecule has 0 saturated carbocycles. The molecule has 1 aliphatic carbocycles. The van der Waals surface area contributed by atoms with Crippen molar-refractivity contribution in [3.8, 4) is 23.5 Å². The van der Waals surface area contributed by atoms with E-state index >= 15 is 0 Å². The zero-order valence-corrected chi connectivity index (χ0v) is 24.8. The Labute approximate surface area is 241 Å². The number of carbonyl (C=O) groups is 1. The Morgan fingerprint density at radius 3 is 2.51 bits per heavy atom. The third-order valence-electron chi connectivity index (χ3n) is 8.02. The minimum absolute atomic E-state index is 0.0724. The fraction of sp³-hybridized carbons (Fsp3) is 0.516. The van der Waals surface area contributed by atoms with Crippen LogP contribution in [-0.4, -0.2) is 61.2 Å². The van der Waals surface area contributed by atoms with Crippen LogP contribution < -0.4 is 24.8 Å². The number of furan rings is 1. The second kappa shape index (κ2) is 12.4. The highest BCUT2D eigenvalue weighted by Gasteiger charge is 2.31. The Hall–Kier alpha value is -3.79. The van der Waals surface area contributed by atoms with Gasteiger partial charge in [0.25, 0.3) is 11.9 Å². The van der Waals surface area contributed by atoms with Crippen molar-refractivity contribution in [2.45, 2.75) is 64.7 Å². The van der Waals surface area contributed by atoms with Crippen molar-refractivity contribution in [1.29, 1.82) is 0 Å². The van der Waals surface area contributed by atoms with Gasteiger partial charge in [-0.05, 0) is 92.9 Å². The maximum atomic E-state index is 13.1. The molecule has 1 aliphatic heterocycles. The number of anilines is 2. The van der Waals surface area contributed by atoms with Crippen molar-refractivity contribution in [3.63, 3.8) is 0 Å². The van der Waals surface area contributed by atoms with E-state index in [9.17, 15) is 4.79 Å². The quantitative estimate of drug-likeness (QED) is 0.273. The number of fused-ring (bicyclic) bond motifs is 1. The van der Waals surface area contributed by atoms with Gasteiger partial charge in [0, 0.05) is 12.6 Å². The lowest BCUT2D eigenvalue weighted by atomic mass is 9.86. The van der Waals surface area contributed by atoms with Crippen LogP contribution in [0.25, 0.3) is 0 Å². The number of amides is 1. The first-order valence-electron chi connectivity index (χ1n) is 14.5. The number of likely N-dealkylation sites (tertiary alicyclic amines) is 1. The lowest BCUT2D eigenvalue weighted by molar-refractivity contribution is 0.0990. The van der Waals surface area contributed by atoms with Gasteiger partial charge in [-0.2, -0.15) is 9.97 Å². The molecule has 0 bridgehead atoms. The molecule has 0 spiro atoms. The Bertz CT molecular complexity index is 1350. The lowest BCUT2D eigenvalue weighted by Crippen LogP contribution is -2.31. The number of rotatable bonds is 11. The summed E-state index contributed by atoms with van der Waals surface area (Å²) in [4.78, 5) is 24.5. The summed E-state index contributed by atoms with van der Waals surface area (Å²) in [5.74, 6) is 1.25. The fourth-order valence-corrected chi connectivity index (χ4v) is 5.64. The van der Waals surface area contributed by atoms with E-state index in [1.54, 1.807) is 12.1 Å². The number of piperidine rings is 1. The highest BCUT2D eigenvalue weighted by Crippen LogP contribution is 2.42. The predicted octanol–water partition coefficient (Wildman–Crippen LogP) is 5.95. The van der Waals surface area contributed by atoms with Crippen LogP contribution >= 0.6 is 0 Å². The van der Waals surface area contributed by atoms with E-state index in [0.29, 0.717) is 12.5 Å². The Balaban J connectivity index is 1.23. The minimum Gasteiger partial charge on any atom is -0.479 e. The molecule has 2 aliphatic rings. The van der Waals surface area contributed by atoms with Crippen molar-refractivity contribution in [2.75, 3.05) is 51.0 Å². The fourth-order valence-electron chi connectivity index (χ4n) is 5.64.